The summed E-state index contributed by atoms with van der Waals surface area (Å²) >= 11 is 0. The van der Waals surface area contributed by atoms with Crippen LogP contribution in [0.2, 0.25) is 0 Å². The van der Waals surface area contributed by atoms with E-state index < -0.39 is 17.5 Å². The van der Waals surface area contributed by atoms with Crippen LogP contribution >= 0.6 is 12.4 Å². The van der Waals surface area contributed by atoms with Crippen LogP contribution in [0.4, 0.5) is 0 Å². The standard InChI is InChI=1S/C21H30N2O4.ClH/c1-7-15(22-12(2)3)19(25)14-8-10-16(27-20(26)21(4,5)6)18-13(14)9-11-17(24)23-18;/h8-12,15,19,22,25H,7H2,1-6H3,(H,23,24);1H. The van der Waals surface area contributed by atoms with Gasteiger partial charge in [0, 0.05) is 23.5 Å². The number of benzene rings is 1. The van der Waals surface area contributed by atoms with E-state index in [1.165, 1.54) is 6.07 Å². The predicted octanol–water partition coefficient (Wildman–Crippen LogP) is 3.71. The molecule has 1 heterocycles. The number of halogens is 1. The molecule has 0 radical (unpaired) electrons. The van der Waals surface area contributed by atoms with Crippen molar-refractivity contribution >= 4 is 29.3 Å². The minimum atomic E-state index is -0.766. The third kappa shape index (κ3) is 5.56. The van der Waals surface area contributed by atoms with Crippen LogP contribution in [0.5, 0.6) is 5.75 Å². The first-order chi connectivity index (χ1) is 12.5. The van der Waals surface area contributed by atoms with Crippen molar-refractivity contribution in [1.82, 2.24) is 10.3 Å². The molecule has 0 aliphatic carbocycles. The smallest absolute Gasteiger partial charge is 0.316 e. The molecule has 0 spiro atoms. The molecule has 2 aromatic rings. The lowest BCUT2D eigenvalue weighted by Crippen LogP contribution is -2.39. The van der Waals surface area contributed by atoms with Crippen molar-refractivity contribution in [3.05, 3.63) is 40.2 Å². The number of hydrogen-bond acceptors (Lipinski definition) is 5. The Bertz CT molecular complexity index is 871. The van der Waals surface area contributed by atoms with Gasteiger partial charge in [0.2, 0.25) is 5.56 Å². The number of fused-ring (bicyclic) bond motifs is 1. The fourth-order valence-electron chi connectivity index (χ4n) is 2.92. The molecule has 1 aromatic carbocycles. The van der Waals surface area contributed by atoms with Gasteiger partial charge in [-0.3, -0.25) is 9.59 Å². The van der Waals surface area contributed by atoms with Crippen molar-refractivity contribution in [1.29, 1.82) is 0 Å². The molecule has 0 saturated heterocycles. The average Bonchev–Trinajstić information content (AvgIpc) is 2.58. The number of nitrogens with one attached hydrogen (secondary N) is 2. The van der Waals surface area contributed by atoms with Crippen LogP contribution in [0.1, 0.15) is 59.6 Å². The van der Waals surface area contributed by atoms with Gasteiger partial charge < -0.3 is 20.1 Å². The molecule has 0 aliphatic rings. The summed E-state index contributed by atoms with van der Waals surface area (Å²) in [5, 5.41) is 15.0. The van der Waals surface area contributed by atoms with Gasteiger partial charge in [-0.2, -0.15) is 0 Å². The van der Waals surface area contributed by atoms with Crippen molar-refractivity contribution in [2.75, 3.05) is 0 Å². The fourth-order valence-corrected chi connectivity index (χ4v) is 2.92. The number of aliphatic hydroxyl groups is 1. The second-order valence-corrected chi connectivity index (χ2v) is 8.18. The highest BCUT2D eigenvalue weighted by Gasteiger charge is 2.26. The number of hydrogen-bond donors (Lipinski definition) is 3. The summed E-state index contributed by atoms with van der Waals surface area (Å²) in [4.78, 5) is 26.9. The van der Waals surface area contributed by atoms with Gasteiger partial charge in [0.25, 0.3) is 0 Å². The quantitative estimate of drug-likeness (QED) is 0.498. The average molecular weight is 411 g/mol. The molecule has 0 saturated carbocycles. The molecule has 2 atom stereocenters. The van der Waals surface area contributed by atoms with Gasteiger partial charge >= 0.3 is 5.97 Å². The summed E-state index contributed by atoms with van der Waals surface area (Å²) in [5.41, 5.74) is 0.121. The molecule has 1 aromatic heterocycles. The Morgan fingerprint density at radius 2 is 1.86 bits per heavy atom. The number of rotatable bonds is 6. The molecule has 3 N–H and O–H groups in total. The Kier molecular flexibility index (Phi) is 8.23. The van der Waals surface area contributed by atoms with Gasteiger partial charge in [0.15, 0.2) is 5.75 Å². The summed E-state index contributed by atoms with van der Waals surface area (Å²) in [7, 11) is 0. The summed E-state index contributed by atoms with van der Waals surface area (Å²) < 4.78 is 5.53. The number of ether oxygens (including phenoxy) is 1. The van der Waals surface area contributed by atoms with Gasteiger partial charge in [0.05, 0.1) is 17.0 Å². The van der Waals surface area contributed by atoms with E-state index in [0.29, 0.717) is 16.5 Å². The zero-order valence-electron chi connectivity index (χ0n) is 17.3. The number of aliphatic hydroxyl groups excluding tert-OH is 1. The highest BCUT2D eigenvalue weighted by atomic mass is 35.5. The first kappa shape index (κ1) is 24.1. The molecule has 0 amide bonds. The fraction of sp³-hybridized carbons (Fsp3) is 0.524. The molecule has 2 unspecified atom stereocenters. The van der Waals surface area contributed by atoms with Crippen molar-refractivity contribution in [2.24, 2.45) is 5.41 Å². The van der Waals surface area contributed by atoms with Crippen LogP contribution in [0.25, 0.3) is 10.9 Å². The van der Waals surface area contributed by atoms with E-state index in [2.05, 4.69) is 10.3 Å². The predicted molar refractivity (Wildman–Crippen MR) is 114 cm³/mol. The van der Waals surface area contributed by atoms with Gasteiger partial charge in [0.1, 0.15) is 0 Å². The number of esters is 1. The van der Waals surface area contributed by atoms with Crippen LogP contribution in [0.15, 0.2) is 29.1 Å². The summed E-state index contributed by atoms with van der Waals surface area (Å²) in [6.07, 6.45) is -0.0246. The minimum Gasteiger partial charge on any atom is -0.424 e. The summed E-state index contributed by atoms with van der Waals surface area (Å²) in [6, 6.07) is 6.53. The monoisotopic (exact) mass is 410 g/mol. The molecule has 6 nitrogen and oxygen atoms in total. The SMILES string of the molecule is CCC(NC(C)C)C(O)c1ccc(OC(=O)C(C)(C)C)c2[nH]c(=O)ccc12.Cl. The molecular formula is C21H31ClN2O4. The van der Waals surface area contributed by atoms with E-state index in [0.717, 1.165) is 6.42 Å². The van der Waals surface area contributed by atoms with Gasteiger partial charge in [-0.15, -0.1) is 12.4 Å². The minimum absolute atomic E-state index is 0. The summed E-state index contributed by atoms with van der Waals surface area (Å²) in [5.74, 6) is -0.113. The Hall–Kier alpha value is -1.89. The first-order valence-corrected chi connectivity index (χ1v) is 9.37. The number of carbonyl (C=O) groups excluding carboxylic acids is 1. The van der Waals surface area contributed by atoms with Crippen LogP contribution in [-0.4, -0.2) is 28.1 Å². The lowest BCUT2D eigenvalue weighted by atomic mass is 9.95. The molecular weight excluding hydrogens is 380 g/mol. The first-order valence-electron chi connectivity index (χ1n) is 9.37. The van der Waals surface area contributed by atoms with Crippen LogP contribution in [0, 0.1) is 5.41 Å². The van der Waals surface area contributed by atoms with Crippen molar-refractivity contribution in [3.63, 3.8) is 0 Å². The normalized spacial score (nSPS) is 13.9. The van der Waals surface area contributed by atoms with Gasteiger partial charge in [-0.1, -0.05) is 26.8 Å². The van der Waals surface area contributed by atoms with E-state index in [4.69, 9.17) is 4.74 Å². The number of H-pyrrole nitrogens is 1. The van der Waals surface area contributed by atoms with E-state index >= 15 is 0 Å². The largest absolute Gasteiger partial charge is 0.424 e. The number of aromatic amines is 1. The molecule has 2 rings (SSSR count). The lowest BCUT2D eigenvalue weighted by Gasteiger charge is -2.26. The van der Waals surface area contributed by atoms with E-state index in [1.54, 1.807) is 39.0 Å². The topological polar surface area (TPSA) is 91.4 Å². The highest BCUT2D eigenvalue weighted by Crippen LogP contribution is 2.32. The lowest BCUT2D eigenvalue weighted by molar-refractivity contribution is -0.142. The van der Waals surface area contributed by atoms with Gasteiger partial charge in [-0.25, -0.2) is 0 Å². The Morgan fingerprint density at radius 1 is 1.21 bits per heavy atom. The highest BCUT2D eigenvalue weighted by molar-refractivity contribution is 5.90. The maximum absolute atomic E-state index is 12.3. The Balaban J connectivity index is 0.00000392. The molecule has 156 valence electrons. The molecule has 7 heteroatoms. The van der Waals surface area contributed by atoms with Crippen molar-refractivity contribution in [2.45, 2.75) is 66.2 Å². The molecule has 0 fully saturated rings. The van der Waals surface area contributed by atoms with Crippen molar-refractivity contribution < 1.29 is 14.6 Å². The van der Waals surface area contributed by atoms with E-state index in [9.17, 15) is 14.7 Å². The summed E-state index contributed by atoms with van der Waals surface area (Å²) in [6.45, 7) is 11.4. The molecule has 0 bridgehead atoms. The second kappa shape index (κ2) is 9.54. The molecule has 28 heavy (non-hydrogen) atoms. The maximum atomic E-state index is 12.3. The van der Waals surface area contributed by atoms with Crippen molar-refractivity contribution in [3.8, 4) is 5.75 Å². The Labute approximate surface area is 172 Å². The third-order valence-electron chi connectivity index (χ3n) is 4.39. The molecule has 0 aliphatic heterocycles. The van der Waals surface area contributed by atoms with E-state index in [-0.39, 0.29) is 35.8 Å². The number of pyridine rings is 1. The van der Waals surface area contributed by atoms with E-state index in [1.807, 2.05) is 20.8 Å². The van der Waals surface area contributed by atoms with Crippen LogP contribution in [-0.2, 0) is 4.79 Å². The van der Waals surface area contributed by atoms with Gasteiger partial charge in [-0.05, 0) is 44.9 Å². The number of aromatic nitrogens is 1. The number of carbonyl (C=O) groups is 1. The van der Waals surface area contributed by atoms with Crippen LogP contribution < -0.4 is 15.6 Å². The Morgan fingerprint density at radius 3 is 2.39 bits per heavy atom. The second-order valence-electron chi connectivity index (χ2n) is 8.18. The third-order valence-corrected chi connectivity index (χ3v) is 4.39. The maximum Gasteiger partial charge on any atom is 0.316 e. The van der Waals surface area contributed by atoms with Crippen LogP contribution in [0.3, 0.4) is 0 Å². The zero-order chi connectivity index (χ0) is 20.4. The zero-order valence-corrected chi connectivity index (χ0v) is 18.1.